The van der Waals surface area contributed by atoms with Crippen molar-refractivity contribution in [2.45, 2.75) is 45.2 Å². The Morgan fingerprint density at radius 3 is 2.52 bits per heavy atom. The third-order valence-corrected chi connectivity index (χ3v) is 5.55. The topological polar surface area (TPSA) is 55.6 Å². The van der Waals surface area contributed by atoms with E-state index in [-0.39, 0.29) is 32.3 Å². The number of fused-ring (bicyclic) bond motifs is 2. The van der Waals surface area contributed by atoms with Crippen LogP contribution in [0.25, 0.3) is 22.2 Å². The normalized spacial score (nSPS) is 14.7. The molecule has 2 aromatic heterocycles. The van der Waals surface area contributed by atoms with Crippen molar-refractivity contribution in [1.82, 2.24) is 19.3 Å². The van der Waals surface area contributed by atoms with E-state index in [0.29, 0.717) is 13.1 Å². The van der Waals surface area contributed by atoms with Crippen molar-refractivity contribution in [2.24, 2.45) is 0 Å². The molecule has 1 N–H and O–H groups in total. The van der Waals surface area contributed by atoms with Gasteiger partial charge in [-0.25, -0.2) is 14.1 Å². The highest BCUT2D eigenvalue weighted by atomic mass is 35.5. The fraction of sp³-hybridized carbons (Fsp3) is 0.412. The fourth-order valence-electron chi connectivity index (χ4n) is 3.42. The lowest BCUT2D eigenvalue weighted by atomic mass is 10.1. The molecule has 0 bridgehead atoms. The molecule has 0 unspecified atom stereocenters. The average Bonchev–Trinajstić information content (AvgIpc) is 3.19. The van der Waals surface area contributed by atoms with Crippen LogP contribution in [-0.2, 0) is 19.0 Å². The molecule has 1 aliphatic rings. The summed E-state index contributed by atoms with van der Waals surface area (Å²) in [7, 11) is 0. The Balaban J connectivity index is 2.06. The molecule has 144 valence electrons. The van der Waals surface area contributed by atoms with Gasteiger partial charge in [-0.05, 0) is 18.9 Å². The van der Waals surface area contributed by atoms with Crippen LogP contribution in [0.4, 0.5) is 13.2 Å². The summed E-state index contributed by atoms with van der Waals surface area (Å²) in [5, 5.41) is -0.0542. The van der Waals surface area contributed by atoms with E-state index in [2.05, 4.69) is 9.97 Å². The third kappa shape index (κ3) is 2.69. The summed E-state index contributed by atoms with van der Waals surface area (Å²) in [4.78, 5) is 19.2. The number of benzene rings is 1. The Morgan fingerprint density at radius 2 is 1.89 bits per heavy atom. The quantitative estimate of drug-likeness (QED) is 0.654. The third-order valence-electron chi connectivity index (χ3n) is 4.88. The van der Waals surface area contributed by atoms with Crippen LogP contribution < -0.4 is 5.56 Å². The number of halogens is 5. The smallest absolute Gasteiger partial charge is 0.304 e. The molecule has 0 saturated heterocycles. The fourth-order valence-corrected chi connectivity index (χ4v) is 4.00. The predicted molar refractivity (Wildman–Crippen MR) is 97.2 cm³/mol. The highest BCUT2D eigenvalue weighted by Gasteiger charge is 2.35. The lowest BCUT2D eigenvalue weighted by Gasteiger charge is -2.17. The first-order valence-corrected chi connectivity index (χ1v) is 9.27. The number of alkyl halides is 2. The van der Waals surface area contributed by atoms with Crippen molar-refractivity contribution in [1.29, 1.82) is 0 Å². The Kier molecular flexibility index (Phi) is 4.31. The zero-order chi connectivity index (χ0) is 19.5. The zero-order valence-electron chi connectivity index (χ0n) is 14.3. The van der Waals surface area contributed by atoms with Crippen LogP contribution in [0, 0.1) is 5.82 Å². The molecule has 0 atom stereocenters. The van der Waals surface area contributed by atoms with Crippen LogP contribution >= 0.6 is 23.2 Å². The van der Waals surface area contributed by atoms with E-state index in [1.807, 2.05) is 0 Å². The second-order valence-electron chi connectivity index (χ2n) is 6.51. The summed E-state index contributed by atoms with van der Waals surface area (Å²) < 4.78 is 46.1. The van der Waals surface area contributed by atoms with Crippen molar-refractivity contribution in [3.63, 3.8) is 0 Å². The molecule has 0 saturated carbocycles. The molecule has 5 nitrogen and oxygen atoms in total. The number of hydrogen-bond acceptors (Lipinski definition) is 2. The second-order valence-corrected chi connectivity index (χ2v) is 7.27. The van der Waals surface area contributed by atoms with Crippen LogP contribution in [0.1, 0.15) is 32.0 Å². The summed E-state index contributed by atoms with van der Waals surface area (Å²) in [6.45, 7) is 2.29. The Bertz CT molecular complexity index is 1120. The molecular formula is C17H15Cl2F3N4O. The van der Waals surface area contributed by atoms with Crippen molar-refractivity contribution >= 4 is 34.2 Å². The zero-order valence-corrected chi connectivity index (χ0v) is 15.8. The van der Waals surface area contributed by atoms with Gasteiger partial charge < -0.3 is 4.98 Å². The van der Waals surface area contributed by atoms with Gasteiger partial charge in [0.15, 0.2) is 5.82 Å². The van der Waals surface area contributed by atoms with E-state index < -0.39 is 29.5 Å². The van der Waals surface area contributed by atoms with Crippen molar-refractivity contribution < 1.29 is 13.2 Å². The number of nitrogens with zero attached hydrogens (tertiary/aromatic N) is 3. The number of hydrogen-bond donors (Lipinski definition) is 1. The molecule has 0 radical (unpaired) electrons. The molecule has 0 aliphatic carbocycles. The maximum atomic E-state index is 14.8. The summed E-state index contributed by atoms with van der Waals surface area (Å²) in [5.41, 5.74) is -0.829. The number of rotatable bonds is 3. The molecular weight excluding hydrogens is 404 g/mol. The van der Waals surface area contributed by atoms with Gasteiger partial charge in [0.2, 0.25) is 0 Å². The molecule has 10 heteroatoms. The van der Waals surface area contributed by atoms with Gasteiger partial charge in [0.25, 0.3) is 5.56 Å². The molecule has 3 aromatic rings. The van der Waals surface area contributed by atoms with Gasteiger partial charge in [-0.3, -0.25) is 9.48 Å². The first-order valence-electron chi connectivity index (χ1n) is 8.51. The maximum Gasteiger partial charge on any atom is 0.304 e. The number of imidazole rings is 1. The first-order chi connectivity index (χ1) is 12.8. The number of aromatic nitrogens is 4. The van der Waals surface area contributed by atoms with E-state index in [0.717, 1.165) is 18.9 Å². The van der Waals surface area contributed by atoms with Crippen molar-refractivity contribution in [2.75, 3.05) is 0 Å². The van der Waals surface area contributed by atoms with E-state index in [4.69, 9.17) is 23.2 Å². The predicted octanol–water partition coefficient (Wildman–Crippen LogP) is 4.93. The highest BCUT2D eigenvalue weighted by molar-refractivity contribution is 6.36. The SMILES string of the molecule is CCC(F)(F)c1nc2c(Cl)cc(F)c(-c3c(Cl)n4n(c3=O)CCCC4)c2[nH]1. The molecule has 4 rings (SSSR count). The first kappa shape index (κ1) is 18.4. The summed E-state index contributed by atoms with van der Waals surface area (Å²) in [5.74, 6) is -4.70. The van der Waals surface area contributed by atoms with E-state index in [1.165, 1.54) is 11.6 Å². The van der Waals surface area contributed by atoms with E-state index >= 15 is 0 Å². The standard InChI is InChI=1S/C17H15Cl2F3N4O/c1-2-17(21,22)16-23-12-8(18)7-9(20)10(13(12)24-16)11-14(19)25-5-3-4-6-26(25)15(11)27/h7H,2-6H2,1H3,(H,23,24). The summed E-state index contributed by atoms with van der Waals surface area (Å²) >= 11 is 12.4. The summed E-state index contributed by atoms with van der Waals surface area (Å²) in [6.07, 6.45) is 1.14. The minimum atomic E-state index is -3.24. The van der Waals surface area contributed by atoms with Crippen LogP contribution in [0.2, 0.25) is 10.2 Å². The van der Waals surface area contributed by atoms with Crippen LogP contribution in [0.3, 0.4) is 0 Å². The van der Waals surface area contributed by atoms with Gasteiger partial charge in [-0.2, -0.15) is 8.78 Å². The number of nitrogens with one attached hydrogen (secondary N) is 1. The van der Waals surface area contributed by atoms with Gasteiger partial charge in [0, 0.05) is 19.5 Å². The Hall–Kier alpha value is -1.93. The van der Waals surface area contributed by atoms with Crippen LogP contribution in [0.5, 0.6) is 0 Å². The average molecular weight is 419 g/mol. The van der Waals surface area contributed by atoms with Crippen LogP contribution in [0.15, 0.2) is 10.9 Å². The molecule has 1 aromatic carbocycles. The largest absolute Gasteiger partial charge is 0.336 e. The van der Waals surface area contributed by atoms with Gasteiger partial charge in [-0.15, -0.1) is 0 Å². The maximum absolute atomic E-state index is 14.8. The minimum absolute atomic E-state index is 0.0270. The molecule has 0 spiro atoms. The van der Waals surface area contributed by atoms with Crippen molar-refractivity contribution in [3.05, 3.63) is 38.2 Å². The van der Waals surface area contributed by atoms with Gasteiger partial charge in [-0.1, -0.05) is 30.1 Å². The van der Waals surface area contributed by atoms with Crippen LogP contribution in [-0.4, -0.2) is 19.3 Å². The summed E-state index contributed by atoms with van der Waals surface area (Å²) in [6, 6.07) is 0.963. The van der Waals surface area contributed by atoms with E-state index in [9.17, 15) is 18.0 Å². The lowest BCUT2D eigenvalue weighted by molar-refractivity contribution is -0.0164. The molecule has 27 heavy (non-hydrogen) atoms. The van der Waals surface area contributed by atoms with Gasteiger partial charge >= 0.3 is 5.92 Å². The Morgan fingerprint density at radius 1 is 1.22 bits per heavy atom. The molecule has 1 aliphatic heterocycles. The monoisotopic (exact) mass is 418 g/mol. The highest BCUT2D eigenvalue weighted by Crippen LogP contribution is 2.39. The van der Waals surface area contributed by atoms with E-state index in [1.54, 1.807) is 4.68 Å². The molecule has 3 heterocycles. The van der Waals surface area contributed by atoms with Gasteiger partial charge in [0.05, 0.1) is 21.7 Å². The number of H-pyrrole nitrogens is 1. The number of aromatic amines is 1. The molecule has 0 fully saturated rings. The van der Waals surface area contributed by atoms with Gasteiger partial charge in [0.1, 0.15) is 16.5 Å². The minimum Gasteiger partial charge on any atom is -0.336 e. The lowest BCUT2D eigenvalue weighted by Crippen LogP contribution is -2.27. The molecule has 0 amide bonds. The van der Waals surface area contributed by atoms with Crippen molar-refractivity contribution in [3.8, 4) is 11.1 Å². The second kappa shape index (κ2) is 6.31. The Labute approximate surface area is 161 Å².